The van der Waals surface area contributed by atoms with Crippen LogP contribution >= 0.6 is 11.6 Å². The largest absolute Gasteiger partial charge is 0.497 e. The number of hydrogen-bond acceptors (Lipinski definition) is 5. The molecule has 8 heteroatoms. The van der Waals surface area contributed by atoms with Crippen molar-refractivity contribution in [2.24, 2.45) is 12.1 Å². The molecule has 1 N–H and O–H groups in total. The number of halogens is 1. The quantitative estimate of drug-likeness (QED) is 0.403. The van der Waals surface area contributed by atoms with E-state index in [9.17, 15) is 4.79 Å². The van der Waals surface area contributed by atoms with Crippen LogP contribution in [0.3, 0.4) is 0 Å². The van der Waals surface area contributed by atoms with Crippen LogP contribution < -0.4 is 15.7 Å². The van der Waals surface area contributed by atoms with Crippen LogP contribution in [0.25, 0.3) is 16.6 Å². The zero-order chi connectivity index (χ0) is 20.4. The number of aromatic nitrogens is 3. The maximum absolute atomic E-state index is 12.6. The number of aryl methyl sites for hydroxylation is 1. The third-order valence-electron chi connectivity index (χ3n) is 4.55. The molecule has 4 aromatic rings. The maximum atomic E-state index is 12.6. The number of benzene rings is 2. The molecule has 0 aliphatic heterocycles. The monoisotopic (exact) mass is 407 g/mol. The number of hydrogen-bond donors (Lipinski definition) is 1. The summed E-state index contributed by atoms with van der Waals surface area (Å²) in [6.45, 7) is 0. The van der Waals surface area contributed by atoms with Crippen LogP contribution in [0.1, 0.15) is 5.56 Å². The molecule has 2 aromatic heterocycles. The van der Waals surface area contributed by atoms with E-state index in [1.807, 2.05) is 42.1 Å². The fraction of sp³-hybridized carbons (Fsp3) is 0.0952. The number of hydrazone groups is 1. The highest BCUT2D eigenvalue weighted by Gasteiger charge is 2.11. The molecule has 0 bridgehead atoms. The van der Waals surface area contributed by atoms with E-state index in [0.29, 0.717) is 17.1 Å². The number of nitrogens with one attached hydrogen (secondary N) is 1. The molecule has 0 unspecified atom stereocenters. The fourth-order valence-corrected chi connectivity index (χ4v) is 3.24. The third-order valence-corrected chi connectivity index (χ3v) is 4.92. The van der Waals surface area contributed by atoms with Gasteiger partial charge in [0.15, 0.2) is 0 Å². The minimum absolute atomic E-state index is 0.00545. The molecule has 2 aromatic carbocycles. The Morgan fingerprint density at radius 3 is 2.69 bits per heavy atom. The van der Waals surface area contributed by atoms with E-state index in [0.717, 1.165) is 16.5 Å². The Hall–Kier alpha value is -3.58. The molecule has 146 valence electrons. The van der Waals surface area contributed by atoms with Crippen LogP contribution in [0.2, 0.25) is 5.02 Å². The van der Waals surface area contributed by atoms with Crippen molar-refractivity contribution >= 4 is 34.4 Å². The van der Waals surface area contributed by atoms with Gasteiger partial charge in [-0.2, -0.15) is 14.9 Å². The molecule has 7 nitrogen and oxygen atoms in total. The summed E-state index contributed by atoms with van der Waals surface area (Å²) in [5, 5.41) is 9.50. The maximum Gasteiger partial charge on any atom is 0.292 e. The topological polar surface area (TPSA) is 73.4 Å². The van der Waals surface area contributed by atoms with E-state index in [2.05, 4.69) is 15.6 Å². The van der Waals surface area contributed by atoms with Gasteiger partial charge >= 0.3 is 0 Å². The van der Waals surface area contributed by atoms with Gasteiger partial charge in [-0.15, -0.1) is 0 Å². The number of fused-ring (bicyclic) bond motifs is 1. The van der Waals surface area contributed by atoms with Gasteiger partial charge in [0.1, 0.15) is 16.5 Å². The number of nitrogens with zero attached hydrogens (tertiary/aromatic N) is 4. The van der Waals surface area contributed by atoms with Crippen LogP contribution in [0.4, 0.5) is 5.69 Å². The number of methoxy groups -OCH3 is 1. The minimum Gasteiger partial charge on any atom is -0.497 e. The van der Waals surface area contributed by atoms with Crippen molar-refractivity contribution < 1.29 is 4.74 Å². The van der Waals surface area contributed by atoms with Crippen molar-refractivity contribution in [3.63, 3.8) is 0 Å². The lowest BCUT2D eigenvalue weighted by Crippen LogP contribution is -2.22. The molecule has 4 rings (SSSR count). The Morgan fingerprint density at radius 2 is 1.93 bits per heavy atom. The van der Waals surface area contributed by atoms with Gasteiger partial charge in [0.05, 0.1) is 25.2 Å². The first-order chi connectivity index (χ1) is 14.1. The van der Waals surface area contributed by atoms with Crippen LogP contribution in [0.15, 0.2) is 70.8 Å². The predicted octanol–water partition coefficient (Wildman–Crippen LogP) is 3.83. The highest BCUT2D eigenvalue weighted by molar-refractivity contribution is 6.33. The molecule has 0 atom stereocenters. The summed E-state index contributed by atoms with van der Waals surface area (Å²) in [6, 6.07) is 15.0. The van der Waals surface area contributed by atoms with Crippen molar-refractivity contribution in [3.8, 4) is 11.4 Å². The van der Waals surface area contributed by atoms with Gasteiger partial charge in [-0.25, -0.2) is 0 Å². The lowest BCUT2D eigenvalue weighted by molar-refractivity contribution is 0.414. The van der Waals surface area contributed by atoms with E-state index in [4.69, 9.17) is 16.3 Å². The SMILES string of the molecule is COc1ccc(-n2ncc(N/N=C\c3cn(C)c4ccccc34)c(Cl)c2=O)cc1. The highest BCUT2D eigenvalue weighted by atomic mass is 35.5. The molecule has 0 saturated heterocycles. The Morgan fingerprint density at radius 1 is 1.17 bits per heavy atom. The summed E-state index contributed by atoms with van der Waals surface area (Å²) >= 11 is 6.25. The van der Waals surface area contributed by atoms with Crippen molar-refractivity contribution in [1.29, 1.82) is 0 Å². The zero-order valence-corrected chi connectivity index (χ0v) is 16.6. The number of rotatable bonds is 5. The standard InChI is InChI=1S/C21H18ClN5O2/c1-26-13-14(17-5-3-4-6-19(17)26)11-23-25-18-12-24-27(21(28)20(18)22)15-7-9-16(29-2)10-8-15/h3-13,25H,1-2H3/b23-11-. The van der Waals surface area contributed by atoms with E-state index in [1.165, 1.54) is 10.9 Å². The molecule has 0 saturated carbocycles. The molecule has 0 radical (unpaired) electrons. The lowest BCUT2D eigenvalue weighted by Gasteiger charge is -2.08. The number of anilines is 1. The lowest BCUT2D eigenvalue weighted by atomic mass is 10.2. The van der Waals surface area contributed by atoms with Crippen LogP contribution in [0, 0.1) is 0 Å². The first-order valence-corrected chi connectivity index (χ1v) is 9.21. The van der Waals surface area contributed by atoms with Crippen LogP contribution in [0.5, 0.6) is 5.75 Å². The van der Waals surface area contributed by atoms with E-state index in [-0.39, 0.29) is 5.02 Å². The second kappa shape index (κ2) is 7.81. The Kier molecular flexibility index (Phi) is 5.05. The predicted molar refractivity (Wildman–Crippen MR) is 116 cm³/mol. The average Bonchev–Trinajstić information content (AvgIpc) is 3.07. The summed E-state index contributed by atoms with van der Waals surface area (Å²) < 4.78 is 8.38. The van der Waals surface area contributed by atoms with E-state index < -0.39 is 5.56 Å². The van der Waals surface area contributed by atoms with Crippen molar-refractivity contribution in [2.45, 2.75) is 0 Å². The smallest absolute Gasteiger partial charge is 0.292 e. The van der Waals surface area contributed by atoms with E-state index >= 15 is 0 Å². The van der Waals surface area contributed by atoms with Gasteiger partial charge < -0.3 is 9.30 Å². The van der Waals surface area contributed by atoms with Crippen LogP contribution in [-0.4, -0.2) is 27.7 Å². The molecular weight excluding hydrogens is 390 g/mol. The summed E-state index contributed by atoms with van der Waals surface area (Å²) in [4.78, 5) is 12.6. The normalized spacial score (nSPS) is 11.3. The summed E-state index contributed by atoms with van der Waals surface area (Å²) in [7, 11) is 3.56. The van der Waals surface area contributed by atoms with Gasteiger partial charge in [0.2, 0.25) is 0 Å². The summed E-state index contributed by atoms with van der Waals surface area (Å²) in [5.41, 5.74) is 5.34. The Balaban J connectivity index is 1.58. The molecule has 0 amide bonds. The van der Waals surface area contributed by atoms with Gasteiger partial charge in [-0.1, -0.05) is 29.8 Å². The molecule has 0 aliphatic carbocycles. The van der Waals surface area contributed by atoms with Crippen LogP contribution in [-0.2, 0) is 7.05 Å². The second-order valence-corrected chi connectivity index (χ2v) is 6.75. The summed E-state index contributed by atoms with van der Waals surface area (Å²) in [5.74, 6) is 0.689. The van der Waals surface area contributed by atoms with Crippen molar-refractivity contribution in [2.75, 3.05) is 12.5 Å². The first kappa shape index (κ1) is 18.8. The summed E-state index contributed by atoms with van der Waals surface area (Å²) in [6.07, 6.45) is 5.14. The van der Waals surface area contributed by atoms with Gasteiger partial charge in [-0.3, -0.25) is 10.2 Å². The zero-order valence-electron chi connectivity index (χ0n) is 15.8. The van der Waals surface area contributed by atoms with Gasteiger partial charge in [-0.05, 0) is 30.3 Å². The third kappa shape index (κ3) is 3.60. The van der Waals surface area contributed by atoms with Crippen molar-refractivity contribution in [3.05, 3.63) is 81.9 Å². The average molecular weight is 408 g/mol. The van der Waals surface area contributed by atoms with E-state index in [1.54, 1.807) is 37.6 Å². The fourth-order valence-electron chi connectivity index (χ4n) is 3.07. The minimum atomic E-state index is -0.442. The molecule has 2 heterocycles. The Bertz CT molecular complexity index is 1260. The Labute approximate surface area is 171 Å². The molecule has 0 aliphatic rings. The molecule has 0 fully saturated rings. The number of para-hydroxylation sites is 1. The van der Waals surface area contributed by atoms with Gasteiger partial charge in [0.25, 0.3) is 5.56 Å². The molecular formula is C21H18ClN5O2. The first-order valence-electron chi connectivity index (χ1n) is 8.84. The molecule has 29 heavy (non-hydrogen) atoms. The van der Waals surface area contributed by atoms with Gasteiger partial charge in [0, 0.05) is 29.7 Å². The second-order valence-electron chi connectivity index (χ2n) is 6.37. The molecule has 0 spiro atoms. The number of ether oxygens (including phenoxy) is 1. The van der Waals surface area contributed by atoms with Crippen molar-refractivity contribution in [1.82, 2.24) is 14.3 Å². The highest BCUT2D eigenvalue weighted by Crippen LogP contribution is 2.20.